The fraction of sp³-hybridized carbons (Fsp3) is 0.429. The molecular weight excluding hydrogens is 266 g/mol. The van der Waals surface area contributed by atoms with Crippen molar-refractivity contribution in [1.82, 2.24) is 19.9 Å². The summed E-state index contributed by atoms with van der Waals surface area (Å²) in [5, 5.41) is 6.31. The van der Waals surface area contributed by atoms with E-state index in [2.05, 4.69) is 30.6 Å². The van der Waals surface area contributed by atoms with Gasteiger partial charge >= 0.3 is 0 Å². The van der Waals surface area contributed by atoms with Gasteiger partial charge in [-0.2, -0.15) is 15.0 Å². The lowest BCUT2D eigenvalue weighted by Gasteiger charge is -2.14. The number of hydrogen-bond acceptors (Lipinski definition) is 7. The average Bonchev–Trinajstić information content (AvgIpc) is 2.46. The molecule has 7 nitrogen and oxygen atoms in total. The summed E-state index contributed by atoms with van der Waals surface area (Å²) in [7, 11) is 3.80. The molecule has 2 aromatic rings. The third-order valence-corrected chi connectivity index (χ3v) is 2.89. The van der Waals surface area contributed by atoms with E-state index in [4.69, 9.17) is 0 Å². The lowest BCUT2D eigenvalue weighted by Crippen LogP contribution is -2.17. The molecule has 0 bridgehead atoms. The number of hydrogen-bond donors (Lipinski definition) is 2. The molecule has 0 spiro atoms. The van der Waals surface area contributed by atoms with E-state index in [1.807, 2.05) is 45.0 Å². The van der Waals surface area contributed by atoms with Crippen LogP contribution in [0, 0.1) is 6.92 Å². The molecule has 0 aliphatic heterocycles. The highest BCUT2D eigenvalue weighted by molar-refractivity contribution is 5.43. The molecule has 2 rings (SSSR count). The van der Waals surface area contributed by atoms with Gasteiger partial charge in [-0.3, -0.25) is 4.98 Å². The molecule has 21 heavy (non-hydrogen) atoms. The molecular formula is C14H21N7. The first kappa shape index (κ1) is 15.0. The fourth-order valence-corrected chi connectivity index (χ4v) is 1.75. The minimum Gasteiger partial charge on any atom is -0.354 e. The Balaban J connectivity index is 2.17. The Kier molecular flexibility index (Phi) is 4.86. The summed E-state index contributed by atoms with van der Waals surface area (Å²) < 4.78 is 0. The number of nitrogens with zero attached hydrogens (tertiary/aromatic N) is 5. The molecule has 0 radical (unpaired) electrons. The minimum absolute atomic E-state index is 0.537. The summed E-state index contributed by atoms with van der Waals surface area (Å²) >= 11 is 0. The van der Waals surface area contributed by atoms with Crippen molar-refractivity contribution in [1.29, 1.82) is 0 Å². The zero-order chi connectivity index (χ0) is 15.2. The van der Waals surface area contributed by atoms with Gasteiger partial charge in [0.05, 0.1) is 12.2 Å². The molecule has 0 aliphatic carbocycles. The largest absolute Gasteiger partial charge is 0.354 e. The first-order chi connectivity index (χ1) is 10.1. The van der Waals surface area contributed by atoms with Crippen molar-refractivity contribution < 1.29 is 0 Å². The Labute approximate surface area is 124 Å². The fourth-order valence-electron chi connectivity index (χ4n) is 1.75. The number of aryl methyl sites for hydroxylation is 1. The maximum atomic E-state index is 4.38. The number of rotatable bonds is 6. The Bertz CT molecular complexity index is 598. The van der Waals surface area contributed by atoms with Crippen LogP contribution in [0.1, 0.15) is 18.2 Å². The second kappa shape index (κ2) is 6.83. The van der Waals surface area contributed by atoms with Crippen LogP contribution in [0.15, 0.2) is 18.3 Å². The first-order valence-electron chi connectivity index (χ1n) is 6.91. The van der Waals surface area contributed by atoms with Gasteiger partial charge in [-0.05, 0) is 25.5 Å². The first-order valence-corrected chi connectivity index (χ1v) is 6.91. The van der Waals surface area contributed by atoms with Gasteiger partial charge < -0.3 is 15.5 Å². The van der Waals surface area contributed by atoms with Gasteiger partial charge in [-0.25, -0.2) is 0 Å². The molecule has 0 fully saturated rings. The summed E-state index contributed by atoms with van der Waals surface area (Å²) in [5.74, 6) is 1.72. The predicted octanol–water partition coefficient (Wildman–Crippen LogP) is 1.68. The lowest BCUT2D eigenvalue weighted by atomic mass is 10.2. The average molecular weight is 287 g/mol. The third kappa shape index (κ3) is 4.01. The Morgan fingerprint density at radius 2 is 1.81 bits per heavy atom. The smallest absolute Gasteiger partial charge is 0.231 e. The van der Waals surface area contributed by atoms with Gasteiger partial charge in [0.15, 0.2) is 0 Å². The Hall–Kier alpha value is -2.44. The molecule has 0 aromatic carbocycles. The van der Waals surface area contributed by atoms with E-state index < -0.39 is 0 Å². The van der Waals surface area contributed by atoms with E-state index in [1.54, 1.807) is 6.20 Å². The number of nitrogens with one attached hydrogen (secondary N) is 2. The topological polar surface area (TPSA) is 78.9 Å². The molecule has 0 amide bonds. The van der Waals surface area contributed by atoms with E-state index in [0.29, 0.717) is 24.4 Å². The highest BCUT2D eigenvalue weighted by atomic mass is 15.3. The van der Waals surface area contributed by atoms with E-state index in [-0.39, 0.29) is 0 Å². The number of aromatic nitrogens is 4. The van der Waals surface area contributed by atoms with Crippen molar-refractivity contribution in [2.24, 2.45) is 0 Å². The van der Waals surface area contributed by atoms with Crippen molar-refractivity contribution in [3.8, 4) is 0 Å². The van der Waals surface area contributed by atoms with Gasteiger partial charge in [0.1, 0.15) is 0 Å². The quantitative estimate of drug-likeness (QED) is 0.837. The van der Waals surface area contributed by atoms with Crippen LogP contribution in [-0.2, 0) is 6.54 Å². The maximum Gasteiger partial charge on any atom is 0.231 e. The number of pyridine rings is 1. The monoisotopic (exact) mass is 287 g/mol. The van der Waals surface area contributed by atoms with Crippen LogP contribution >= 0.6 is 0 Å². The minimum atomic E-state index is 0.537. The molecule has 2 heterocycles. The number of anilines is 3. The zero-order valence-electron chi connectivity index (χ0n) is 12.9. The van der Waals surface area contributed by atoms with Gasteiger partial charge in [0, 0.05) is 26.8 Å². The van der Waals surface area contributed by atoms with Crippen LogP contribution in [-0.4, -0.2) is 40.6 Å². The van der Waals surface area contributed by atoms with E-state index in [0.717, 1.165) is 17.8 Å². The standard InChI is InChI=1S/C14H21N7/c1-5-15-12-18-13(20-14(19-12)21(3)4)17-9-11-10(2)7-6-8-16-11/h6-8H,5,9H2,1-4H3,(H2,15,17,18,19,20). The van der Waals surface area contributed by atoms with Crippen LogP contribution in [0.4, 0.5) is 17.8 Å². The van der Waals surface area contributed by atoms with E-state index in [1.165, 1.54) is 0 Å². The molecule has 0 aliphatic rings. The molecule has 2 N–H and O–H groups in total. The Morgan fingerprint density at radius 1 is 1.10 bits per heavy atom. The maximum absolute atomic E-state index is 4.38. The third-order valence-electron chi connectivity index (χ3n) is 2.89. The molecule has 0 saturated carbocycles. The van der Waals surface area contributed by atoms with Gasteiger partial charge in [-0.15, -0.1) is 0 Å². The molecule has 112 valence electrons. The highest BCUT2D eigenvalue weighted by Crippen LogP contribution is 2.12. The van der Waals surface area contributed by atoms with Gasteiger partial charge in [0.25, 0.3) is 0 Å². The summed E-state index contributed by atoms with van der Waals surface area (Å²) in [6, 6.07) is 3.96. The van der Waals surface area contributed by atoms with Crippen molar-refractivity contribution in [3.05, 3.63) is 29.6 Å². The van der Waals surface area contributed by atoms with Crippen LogP contribution < -0.4 is 15.5 Å². The second-order valence-corrected chi connectivity index (χ2v) is 4.83. The van der Waals surface area contributed by atoms with Gasteiger partial charge in [0.2, 0.25) is 17.8 Å². The molecule has 0 saturated heterocycles. The lowest BCUT2D eigenvalue weighted by molar-refractivity contribution is 0.924. The Morgan fingerprint density at radius 3 is 2.43 bits per heavy atom. The van der Waals surface area contributed by atoms with Crippen molar-refractivity contribution >= 4 is 17.8 Å². The van der Waals surface area contributed by atoms with E-state index in [9.17, 15) is 0 Å². The predicted molar refractivity (Wildman–Crippen MR) is 84.6 cm³/mol. The summed E-state index contributed by atoms with van der Waals surface area (Å²) in [6.45, 7) is 5.38. The van der Waals surface area contributed by atoms with Crippen molar-refractivity contribution in [2.45, 2.75) is 20.4 Å². The molecule has 0 atom stereocenters. The van der Waals surface area contributed by atoms with Gasteiger partial charge in [-0.1, -0.05) is 6.07 Å². The normalized spacial score (nSPS) is 10.3. The summed E-state index contributed by atoms with van der Waals surface area (Å²) in [4.78, 5) is 19.3. The zero-order valence-corrected chi connectivity index (χ0v) is 12.9. The van der Waals surface area contributed by atoms with Crippen LogP contribution in [0.3, 0.4) is 0 Å². The summed E-state index contributed by atoms with van der Waals surface area (Å²) in [6.07, 6.45) is 1.78. The summed E-state index contributed by atoms with van der Waals surface area (Å²) in [5.41, 5.74) is 2.12. The molecule has 0 unspecified atom stereocenters. The SMILES string of the molecule is CCNc1nc(NCc2ncccc2C)nc(N(C)C)n1. The van der Waals surface area contributed by atoms with Crippen molar-refractivity contribution in [3.63, 3.8) is 0 Å². The van der Waals surface area contributed by atoms with E-state index >= 15 is 0 Å². The second-order valence-electron chi connectivity index (χ2n) is 4.83. The van der Waals surface area contributed by atoms with Crippen LogP contribution in [0.5, 0.6) is 0 Å². The van der Waals surface area contributed by atoms with Crippen LogP contribution in [0.2, 0.25) is 0 Å². The molecule has 2 aromatic heterocycles. The van der Waals surface area contributed by atoms with Crippen LogP contribution in [0.25, 0.3) is 0 Å². The van der Waals surface area contributed by atoms with Crippen molar-refractivity contribution in [2.75, 3.05) is 36.2 Å². The highest BCUT2D eigenvalue weighted by Gasteiger charge is 2.08. The molecule has 7 heteroatoms.